The van der Waals surface area contributed by atoms with Crippen LogP contribution in [0.15, 0.2) is 22.8 Å². The smallest absolute Gasteiger partial charge is 0.224 e. The summed E-state index contributed by atoms with van der Waals surface area (Å²) < 4.78 is 16.2. The first kappa shape index (κ1) is 15.1. The molecule has 22 heavy (non-hydrogen) atoms. The van der Waals surface area contributed by atoms with E-state index in [0.29, 0.717) is 19.6 Å². The number of nitrogens with one attached hydrogen (secondary N) is 1. The molecule has 2 aromatic rings. The molecule has 0 spiro atoms. The van der Waals surface area contributed by atoms with Crippen molar-refractivity contribution in [1.29, 1.82) is 0 Å². The summed E-state index contributed by atoms with van der Waals surface area (Å²) in [5.74, 6) is -0.0415. The number of carbonyl (C=O) groups excluding carboxylic acids is 1. The topological polar surface area (TPSA) is 60.7 Å². The Morgan fingerprint density at radius 1 is 1.36 bits per heavy atom. The second-order valence-corrected chi connectivity index (χ2v) is 5.88. The zero-order valence-electron chi connectivity index (χ0n) is 13.1. The molecule has 1 amide bonds. The molecule has 1 aromatic heterocycles. The standard InChI is InChI=1S/C17H21NO4/c1-10-4-11(2)17-12(7-22-14(17)5-10)6-16(19)18-13-8-21-9-15(13)20-3/h4-5,7,13,15H,6,8-9H2,1-3H3,(H,18,19)/t13-,15-/m0/s1. The van der Waals surface area contributed by atoms with Crippen LogP contribution in [0, 0.1) is 13.8 Å². The molecule has 5 nitrogen and oxygen atoms in total. The number of carbonyl (C=O) groups is 1. The van der Waals surface area contributed by atoms with Gasteiger partial charge in [-0.25, -0.2) is 0 Å². The Bertz CT molecular complexity index is 691. The van der Waals surface area contributed by atoms with Gasteiger partial charge in [0, 0.05) is 18.1 Å². The molecule has 0 bridgehead atoms. The van der Waals surface area contributed by atoms with Crippen LogP contribution in [0.25, 0.3) is 11.0 Å². The number of rotatable bonds is 4. The normalized spacial score (nSPS) is 21.4. The highest BCUT2D eigenvalue weighted by molar-refractivity contribution is 5.90. The second kappa shape index (κ2) is 6.10. The number of fused-ring (bicyclic) bond motifs is 1. The molecule has 2 heterocycles. The van der Waals surface area contributed by atoms with E-state index in [1.54, 1.807) is 13.4 Å². The molecule has 1 saturated heterocycles. The summed E-state index contributed by atoms with van der Waals surface area (Å²) in [6, 6.07) is 4.01. The van der Waals surface area contributed by atoms with Crippen molar-refractivity contribution in [3.8, 4) is 0 Å². The molecule has 118 valence electrons. The van der Waals surface area contributed by atoms with Crippen LogP contribution >= 0.6 is 0 Å². The van der Waals surface area contributed by atoms with Crippen molar-refractivity contribution < 1.29 is 18.7 Å². The number of hydrogen-bond donors (Lipinski definition) is 1. The summed E-state index contributed by atoms with van der Waals surface area (Å²) in [6.45, 7) is 5.09. The quantitative estimate of drug-likeness (QED) is 0.940. The molecule has 3 rings (SSSR count). The molecular formula is C17H21NO4. The summed E-state index contributed by atoms with van der Waals surface area (Å²) >= 11 is 0. The highest BCUT2D eigenvalue weighted by Gasteiger charge is 2.29. The van der Waals surface area contributed by atoms with Gasteiger partial charge in [0.1, 0.15) is 11.7 Å². The van der Waals surface area contributed by atoms with Gasteiger partial charge in [0.25, 0.3) is 0 Å². The van der Waals surface area contributed by atoms with E-state index < -0.39 is 0 Å². The lowest BCUT2D eigenvalue weighted by atomic mass is 10.0. The molecule has 0 saturated carbocycles. The summed E-state index contributed by atoms with van der Waals surface area (Å²) in [4.78, 5) is 12.3. The van der Waals surface area contributed by atoms with Gasteiger partial charge < -0.3 is 19.2 Å². The minimum Gasteiger partial charge on any atom is -0.464 e. The van der Waals surface area contributed by atoms with E-state index in [9.17, 15) is 4.79 Å². The number of aryl methyl sites for hydroxylation is 2. The van der Waals surface area contributed by atoms with Gasteiger partial charge >= 0.3 is 0 Å². The Labute approximate surface area is 129 Å². The van der Waals surface area contributed by atoms with E-state index in [-0.39, 0.29) is 18.1 Å². The van der Waals surface area contributed by atoms with Gasteiger partial charge in [0.15, 0.2) is 0 Å². The van der Waals surface area contributed by atoms with Crippen LogP contribution in [0.3, 0.4) is 0 Å². The van der Waals surface area contributed by atoms with Gasteiger partial charge in [-0.15, -0.1) is 0 Å². The van der Waals surface area contributed by atoms with Crippen LogP contribution in [0.5, 0.6) is 0 Å². The third kappa shape index (κ3) is 2.87. The summed E-state index contributed by atoms with van der Waals surface area (Å²) in [5.41, 5.74) is 4.03. The molecule has 1 aliphatic rings. The minimum absolute atomic E-state index is 0.0415. The molecular weight excluding hydrogens is 282 g/mol. The van der Waals surface area contributed by atoms with Crippen LogP contribution in [-0.4, -0.2) is 38.4 Å². The predicted molar refractivity (Wildman–Crippen MR) is 82.9 cm³/mol. The van der Waals surface area contributed by atoms with E-state index in [4.69, 9.17) is 13.9 Å². The molecule has 0 aliphatic carbocycles. The Kier molecular flexibility index (Phi) is 4.18. The zero-order chi connectivity index (χ0) is 15.7. The van der Waals surface area contributed by atoms with Gasteiger partial charge in [-0.1, -0.05) is 6.07 Å². The lowest BCUT2D eigenvalue weighted by Crippen LogP contribution is -2.43. The number of furan rings is 1. The third-order valence-electron chi connectivity index (χ3n) is 4.12. The maximum absolute atomic E-state index is 12.3. The van der Waals surface area contributed by atoms with Crippen molar-refractivity contribution in [3.05, 3.63) is 35.1 Å². The van der Waals surface area contributed by atoms with Crippen molar-refractivity contribution in [2.24, 2.45) is 0 Å². The molecule has 1 N–H and O–H groups in total. The first-order valence-electron chi connectivity index (χ1n) is 7.45. The third-order valence-corrected chi connectivity index (χ3v) is 4.12. The van der Waals surface area contributed by atoms with E-state index in [1.807, 2.05) is 19.9 Å². The van der Waals surface area contributed by atoms with Gasteiger partial charge in [0.05, 0.1) is 31.9 Å². The SMILES string of the molecule is CO[C@H]1COC[C@@H]1NC(=O)Cc1coc2cc(C)cc(C)c12. The van der Waals surface area contributed by atoms with Gasteiger partial charge in [0.2, 0.25) is 5.91 Å². The monoisotopic (exact) mass is 303 g/mol. The highest BCUT2D eigenvalue weighted by Crippen LogP contribution is 2.26. The summed E-state index contributed by atoms with van der Waals surface area (Å²) in [7, 11) is 1.63. The fourth-order valence-electron chi connectivity index (χ4n) is 3.09. The maximum atomic E-state index is 12.3. The van der Waals surface area contributed by atoms with Gasteiger partial charge in [-0.05, 0) is 31.0 Å². The fraction of sp³-hybridized carbons (Fsp3) is 0.471. The van der Waals surface area contributed by atoms with E-state index >= 15 is 0 Å². The average Bonchev–Trinajstić information content (AvgIpc) is 3.05. The molecule has 0 unspecified atom stereocenters. The lowest BCUT2D eigenvalue weighted by molar-refractivity contribution is -0.121. The maximum Gasteiger partial charge on any atom is 0.224 e. The molecule has 1 fully saturated rings. The van der Waals surface area contributed by atoms with Crippen molar-refractivity contribution >= 4 is 16.9 Å². The number of methoxy groups -OCH3 is 1. The average molecular weight is 303 g/mol. The lowest BCUT2D eigenvalue weighted by Gasteiger charge is -2.17. The molecule has 2 atom stereocenters. The summed E-state index contributed by atoms with van der Waals surface area (Å²) in [6.07, 6.45) is 1.90. The van der Waals surface area contributed by atoms with Crippen molar-refractivity contribution in [1.82, 2.24) is 5.32 Å². The summed E-state index contributed by atoms with van der Waals surface area (Å²) in [5, 5.41) is 4.02. The first-order chi connectivity index (χ1) is 10.6. The molecule has 5 heteroatoms. The number of ether oxygens (including phenoxy) is 2. The largest absolute Gasteiger partial charge is 0.464 e. The zero-order valence-corrected chi connectivity index (χ0v) is 13.1. The van der Waals surface area contributed by atoms with Gasteiger partial charge in [-0.2, -0.15) is 0 Å². The molecule has 1 aromatic carbocycles. The highest BCUT2D eigenvalue weighted by atomic mass is 16.5. The number of amides is 1. The Morgan fingerprint density at radius 2 is 2.18 bits per heavy atom. The Morgan fingerprint density at radius 3 is 2.95 bits per heavy atom. The van der Waals surface area contributed by atoms with Crippen LogP contribution in [0.1, 0.15) is 16.7 Å². The van der Waals surface area contributed by atoms with Crippen molar-refractivity contribution in [2.45, 2.75) is 32.4 Å². The van der Waals surface area contributed by atoms with E-state index in [2.05, 4.69) is 11.4 Å². The van der Waals surface area contributed by atoms with E-state index in [0.717, 1.165) is 27.7 Å². The van der Waals surface area contributed by atoms with Crippen molar-refractivity contribution in [3.63, 3.8) is 0 Å². The Balaban J connectivity index is 1.74. The van der Waals surface area contributed by atoms with E-state index in [1.165, 1.54) is 0 Å². The number of hydrogen-bond acceptors (Lipinski definition) is 4. The first-order valence-corrected chi connectivity index (χ1v) is 7.45. The molecule has 0 radical (unpaired) electrons. The predicted octanol–water partition coefficient (Wildman–Crippen LogP) is 2.12. The van der Waals surface area contributed by atoms with Crippen LogP contribution in [0.4, 0.5) is 0 Å². The molecule has 1 aliphatic heterocycles. The van der Waals surface area contributed by atoms with Crippen LogP contribution < -0.4 is 5.32 Å². The van der Waals surface area contributed by atoms with Crippen LogP contribution in [-0.2, 0) is 20.7 Å². The second-order valence-electron chi connectivity index (χ2n) is 5.88. The Hall–Kier alpha value is -1.85. The fourth-order valence-corrected chi connectivity index (χ4v) is 3.09. The minimum atomic E-state index is -0.0843. The van der Waals surface area contributed by atoms with Crippen LogP contribution in [0.2, 0.25) is 0 Å². The van der Waals surface area contributed by atoms with Crippen molar-refractivity contribution in [2.75, 3.05) is 20.3 Å². The number of benzene rings is 1. The van der Waals surface area contributed by atoms with Gasteiger partial charge in [-0.3, -0.25) is 4.79 Å².